The van der Waals surface area contributed by atoms with Crippen molar-refractivity contribution in [1.82, 2.24) is 15.4 Å². The molecule has 2 aromatic carbocycles. The number of hydrogen-bond acceptors (Lipinski definition) is 2. The number of rotatable bonds is 5. The van der Waals surface area contributed by atoms with Crippen molar-refractivity contribution < 1.29 is 0 Å². The van der Waals surface area contributed by atoms with Crippen LogP contribution < -0.4 is 0 Å². The Morgan fingerprint density at radius 2 is 1.77 bits per heavy atom. The molecule has 0 bridgehead atoms. The lowest BCUT2D eigenvalue weighted by Crippen LogP contribution is -1.97. The molecule has 22 heavy (non-hydrogen) atoms. The number of aromatic amines is 1. The maximum absolute atomic E-state index is 4.26. The number of H-pyrrole nitrogens is 1. The van der Waals surface area contributed by atoms with Gasteiger partial charge >= 0.3 is 0 Å². The van der Waals surface area contributed by atoms with E-state index in [2.05, 4.69) is 60.4 Å². The highest BCUT2D eigenvalue weighted by molar-refractivity contribution is 5.78. The van der Waals surface area contributed by atoms with Crippen LogP contribution in [0.15, 0.2) is 30.3 Å². The number of nitrogens with zero attached hydrogens (tertiary/aromatic N) is 2. The largest absolute Gasteiger partial charge is 0.197 e. The van der Waals surface area contributed by atoms with Crippen LogP contribution in [0.4, 0.5) is 0 Å². The van der Waals surface area contributed by atoms with E-state index >= 15 is 0 Å². The fourth-order valence-corrected chi connectivity index (χ4v) is 3.13. The fourth-order valence-electron chi connectivity index (χ4n) is 3.13. The zero-order valence-electron chi connectivity index (χ0n) is 13.6. The number of fused-ring (bicyclic) bond motifs is 1. The van der Waals surface area contributed by atoms with E-state index in [4.69, 9.17) is 0 Å². The minimum Gasteiger partial charge on any atom is -0.197 e. The van der Waals surface area contributed by atoms with Crippen LogP contribution in [0.3, 0.4) is 0 Å². The Bertz CT molecular complexity index is 786. The first-order chi connectivity index (χ1) is 10.7. The van der Waals surface area contributed by atoms with Crippen LogP contribution in [0.5, 0.6) is 0 Å². The van der Waals surface area contributed by atoms with Gasteiger partial charge in [-0.15, -0.1) is 0 Å². The highest BCUT2D eigenvalue weighted by Gasteiger charge is 2.09. The minimum absolute atomic E-state index is 0.939. The van der Waals surface area contributed by atoms with E-state index in [1.165, 1.54) is 40.7 Å². The zero-order valence-corrected chi connectivity index (χ0v) is 13.6. The maximum atomic E-state index is 4.26. The second-order valence-electron chi connectivity index (χ2n) is 5.92. The number of aryl methyl sites for hydroxylation is 3. The lowest BCUT2D eigenvalue weighted by Gasteiger charge is -2.11. The fraction of sp³-hybridized carbons (Fsp3) is 0.368. The van der Waals surface area contributed by atoms with Gasteiger partial charge in [0.05, 0.1) is 0 Å². The van der Waals surface area contributed by atoms with Gasteiger partial charge in [0.1, 0.15) is 11.0 Å². The van der Waals surface area contributed by atoms with Crippen LogP contribution >= 0.6 is 0 Å². The molecule has 0 radical (unpaired) electrons. The van der Waals surface area contributed by atoms with E-state index in [0.717, 1.165) is 23.9 Å². The molecule has 0 unspecified atom stereocenters. The van der Waals surface area contributed by atoms with Gasteiger partial charge < -0.3 is 0 Å². The topological polar surface area (TPSA) is 41.6 Å². The monoisotopic (exact) mass is 293 g/mol. The van der Waals surface area contributed by atoms with Crippen LogP contribution in [-0.2, 0) is 19.3 Å². The van der Waals surface area contributed by atoms with Crippen LogP contribution in [0.1, 0.15) is 48.1 Å². The SMILES string of the molecule is CCCc1ccc(Cc2ccc3n[nH]nc3c2C)cc1CC. The van der Waals surface area contributed by atoms with Crippen molar-refractivity contribution in [2.75, 3.05) is 0 Å². The molecular formula is C19H23N3. The molecule has 0 saturated heterocycles. The molecule has 1 aromatic heterocycles. The summed E-state index contributed by atoms with van der Waals surface area (Å²) in [6.45, 7) is 6.61. The van der Waals surface area contributed by atoms with E-state index in [0.29, 0.717) is 0 Å². The zero-order chi connectivity index (χ0) is 15.5. The molecule has 3 nitrogen and oxygen atoms in total. The van der Waals surface area contributed by atoms with Gasteiger partial charge in [-0.2, -0.15) is 15.4 Å². The van der Waals surface area contributed by atoms with Crippen LogP contribution in [0, 0.1) is 6.92 Å². The van der Waals surface area contributed by atoms with Gasteiger partial charge in [0.25, 0.3) is 0 Å². The molecule has 1 heterocycles. The van der Waals surface area contributed by atoms with Gasteiger partial charge in [0.2, 0.25) is 0 Å². The van der Waals surface area contributed by atoms with Crippen molar-refractivity contribution >= 4 is 11.0 Å². The molecule has 0 aliphatic heterocycles. The Morgan fingerprint density at radius 3 is 2.55 bits per heavy atom. The summed E-state index contributed by atoms with van der Waals surface area (Å²) < 4.78 is 0. The first-order valence-electron chi connectivity index (χ1n) is 8.12. The molecule has 3 heteroatoms. The predicted octanol–water partition coefficient (Wildman–Crippen LogP) is 4.37. The molecule has 1 N–H and O–H groups in total. The molecule has 3 rings (SSSR count). The van der Waals surface area contributed by atoms with Crippen LogP contribution in [-0.4, -0.2) is 15.4 Å². The second kappa shape index (κ2) is 6.30. The van der Waals surface area contributed by atoms with E-state index in [-0.39, 0.29) is 0 Å². The van der Waals surface area contributed by atoms with Gasteiger partial charge in [0, 0.05) is 0 Å². The molecular weight excluding hydrogens is 270 g/mol. The normalized spacial score (nSPS) is 11.2. The molecule has 3 aromatic rings. The van der Waals surface area contributed by atoms with Crippen molar-refractivity contribution in [2.45, 2.75) is 46.5 Å². The molecule has 0 amide bonds. The molecule has 114 valence electrons. The number of aromatic nitrogens is 3. The number of nitrogens with one attached hydrogen (secondary N) is 1. The maximum Gasteiger partial charge on any atom is 0.116 e. The van der Waals surface area contributed by atoms with Gasteiger partial charge in [0.15, 0.2) is 0 Å². The quantitative estimate of drug-likeness (QED) is 0.759. The smallest absolute Gasteiger partial charge is 0.116 e. The summed E-state index contributed by atoms with van der Waals surface area (Å²) in [7, 11) is 0. The van der Waals surface area contributed by atoms with Crippen molar-refractivity contribution in [3.8, 4) is 0 Å². The summed E-state index contributed by atoms with van der Waals surface area (Å²) >= 11 is 0. The number of hydrogen-bond donors (Lipinski definition) is 1. The van der Waals surface area contributed by atoms with Crippen LogP contribution in [0.25, 0.3) is 11.0 Å². The Hall–Kier alpha value is -2.16. The summed E-state index contributed by atoms with van der Waals surface area (Å²) in [5.41, 5.74) is 8.83. The summed E-state index contributed by atoms with van der Waals surface area (Å²) in [5, 5.41) is 11.1. The minimum atomic E-state index is 0.939. The van der Waals surface area contributed by atoms with Crippen molar-refractivity contribution in [3.63, 3.8) is 0 Å². The predicted molar refractivity (Wildman–Crippen MR) is 91.2 cm³/mol. The summed E-state index contributed by atoms with van der Waals surface area (Å²) in [4.78, 5) is 0. The lowest BCUT2D eigenvalue weighted by atomic mass is 9.94. The first-order valence-corrected chi connectivity index (χ1v) is 8.12. The average molecular weight is 293 g/mol. The Morgan fingerprint density at radius 1 is 0.955 bits per heavy atom. The third-order valence-electron chi connectivity index (χ3n) is 4.42. The molecule has 0 aliphatic rings. The molecule has 0 atom stereocenters. The average Bonchev–Trinajstić information content (AvgIpc) is 3.01. The van der Waals surface area contributed by atoms with Gasteiger partial charge in [-0.25, -0.2) is 0 Å². The van der Waals surface area contributed by atoms with Gasteiger partial charge in [-0.1, -0.05) is 44.5 Å². The van der Waals surface area contributed by atoms with E-state index in [9.17, 15) is 0 Å². The lowest BCUT2D eigenvalue weighted by molar-refractivity contribution is 0.896. The van der Waals surface area contributed by atoms with Gasteiger partial charge in [-0.3, -0.25) is 0 Å². The molecule has 0 spiro atoms. The highest BCUT2D eigenvalue weighted by atomic mass is 15.3. The van der Waals surface area contributed by atoms with Crippen molar-refractivity contribution in [1.29, 1.82) is 0 Å². The van der Waals surface area contributed by atoms with Crippen LogP contribution in [0.2, 0.25) is 0 Å². The van der Waals surface area contributed by atoms with Gasteiger partial charge in [-0.05, 0) is 60.1 Å². The summed E-state index contributed by atoms with van der Waals surface area (Å²) in [6, 6.07) is 11.2. The Kier molecular flexibility index (Phi) is 4.23. The van der Waals surface area contributed by atoms with E-state index in [1.807, 2.05) is 6.07 Å². The van der Waals surface area contributed by atoms with E-state index < -0.39 is 0 Å². The summed E-state index contributed by atoms with van der Waals surface area (Å²) in [6.07, 6.45) is 4.43. The molecule has 0 saturated carbocycles. The summed E-state index contributed by atoms with van der Waals surface area (Å²) in [5.74, 6) is 0. The number of benzene rings is 2. The van der Waals surface area contributed by atoms with Crippen molar-refractivity contribution in [3.05, 3.63) is 58.1 Å². The van der Waals surface area contributed by atoms with E-state index in [1.54, 1.807) is 0 Å². The second-order valence-corrected chi connectivity index (χ2v) is 5.92. The third kappa shape index (κ3) is 2.76. The Labute approximate surface area is 131 Å². The Balaban J connectivity index is 1.92. The van der Waals surface area contributed by atoms with Crippen molar-refractivity contribution in [2.24, 2.45) is 0 Å². The molecule has 0 fully saturated rings. The third-order valence-corrected chi connectivity index (χ3v) is 4.42. The molecule has 0 aliphatic carbocycles. The standard InChI is InChI=1S/C19H23N3/c1-4-6-16-8-7-14(11-15(16)5-2)12-17-9-10-18-19(13(17)3)21-22-20-18/h7-11H,4-6,12H2,1-3H3,(H,20,21,22). The first kappa shape index (κ1) is 14.8. The highest BCUT2D eigenvalue weighted by Crippen LogP contribution is 2.22.